The van der Waals surface area contributed by atoms with Crippen molar-refractivity contribution in [3.8, 4) is 34.5 Å². The van der Waals surface area contributed by atoms with E-state index in [1.807, 2.05) is 0 Å². The number of hydrogen-bond acceptors (Lipinski definition) is 13. The number of esters is 4. The highest BCUT2D eigenvalue weighted by atomic mass is 35.5. The molecule has 5 aromatic rings. The Morgan fingerprint density at radius 3 is 1.75 bits per heavy atom. The maximum Gasteiger partial charge on any atom is 0.347 e. The van der Waals surface area contributed by atoms with Crippen LogP contribution in [0.3, 0.4) is 0 Å². The number of aromatic nitrogens is 1. The van der Waals surface area contributed by atoms with Crippen molar-refractivity contribution in [3.63, 3.8) is 0 Å². The van der Waals surface area contributed by atoms with Crippen molar-refractivity contribution in [2.75, 3.05) is 26.4 Å². The number of benzene rings is 4. The van der Waals surface area contributed by atoms with Gasteiger partial charge in [-0.25, -0.2) is 29.0 Å². The molecule has 0 bridgehead atoms. The van der Waals surface area contributed by atoms with Crippen LogP contribution in [0.4, 0.5) is 0 Å². The van der Waals surface area contributed by atoms with Crippen molar-refractivity contribution in [1.82, 2.24) is 4.98 Å². The van der Waals surface area contributed by atoms with E-state index in [0.29, 0.717) is 54.2 Å². The van der Waals surface area contributed by atoms with Gasteiger partial charge >= 0.3 is 29.5 Å². The number of carbonyl (C=O) groups excluding carboxylic acids is 4. The summed E-state index contributed by atoms with van der Waals surface area (Å²) >= 11 is 6.45. The minimum Gasteiger partial charge on any atom is -0.493 e. The van der Waals surface area contributed by atoms with E-state index >= 15 is 0 Å². The fraction of sp³-hybridized carbons (Fsp3) is 0.171. The van der Waals surface area contributed by atoms with E-state index in [-0.39, 0.29) is 52.1 Å². The van der Waals surface area contributed by atoms with Crippen LogP contribution in [0.5, 0.6) is 23.0 Å². The highest BCUT2D eigenvalue weighted by Crippen LogP contribution is 2.32. The minimum absolute atomic E-state index is 0.0315. The van der Waals surface area contributed by atoms with Gasteiger partial charge in [0.1, 0.15) is 23.0 Å². The minimum atomic E-state index is -0.728. The fourth-order valence-corrected chi connectivity index (χ4v) is 5.03. The molecule has 1 aromatic heterocycles. The van der Waals surface area contributed by atoms with Gasteiger partial charge in [-0.2, -0.15) is 0 Å². The van der Waals surface area contributed by atoms with Crippen LogP contribution in [-0.2, 0) is 19.1 Å². The molecule has 5 rings (SSSR count). The molecule has 14 heteroatoms. The first-order valence-electron chi connectivity index (χ1n) is 16.8. The predicted molar refractivity (Wildman–Crippen MR) is 201 cm³/mol. The lowest BCUT2D eigenvalue weighted by Gasteiger charge is -2.11. The quantitative estimate of drug-likeness (QED) is 0.0402. The van der Waals surface area contributed by atoms with Crippen LogP contribution in [0.1, 0.15) is 39.1 Å². The average molecular weight is 768 g/mol. The molecule has 0 aliphatic rings. The number of fused-ring (bicyclic) bond motifs is 1. The molecule has 0 fully saturated rings. The summed E-state index contributed by atoms with van der Waals surface area (Å²) in [6, 6.07) is 20.0. The number of aryl methyl sites for hydroxylation is 1. The molecule has 0 spiro atoms. The van der Waals surface area contributed by atoms with E-state index in [9.17, 15) is 24.0 Å². The van der Waals surface area contributed by atoms with E-state index in [1.165, 1.54) is 48.5 Å². The van der Waals surface area contributed by atoms with E-state index in [1.54, 1.807) is 37.3 Å². The molecular weight excluding hydrogens is 734 g/mol. The molecule has 0 aliphatic carbocycles. The normalized spacial score (nSPS) is 10.6. The van der Waals surface area contributed by atoms with E-state index in [0.717, 1.165) is 12.2 Å². The summed E-state index contributed by atoms with van der Waals surface area (Å²) in [6.07, 6.45) is 3.12. The smallest absolute Gasteiger partial charge is 0.347 e. The van der Waals surface area contributed by atoms with Crippen molar-refractivity contribution >= 4 is 46.4 Å². The Bertz CT molecular complexity index is 2280. The number of halogens is 1. The molecule has 0 unspecified atom stereocenters. The summed E-state index contributed by atoms with van der Waals surface area (Å²) in [6.45, 7) is 9.34. The number of nitrogens with zero attached hydrogens (tertiary/aromatic N) is 1. The first kappa shape index (κ1) is 39.5. The van der Waals surface area contributed by atoms with Gasteiger partial charge in [0.2, 0.25) is 5.89 Å². The van der Waals surface area contributed by atoms with Crippen LogP contribution >= 0.6 is 11.6 Å². The molecule has 0 radical (unpaired) electrons. The second kappa shape index (κ2) is 18.9. The first-order valence-corrected chi connectivity index (χ1v) is 17.2. The zero-order valence-electron chi connectivity index (χ0n) is 29.5. The molecule has 0 saturated heterocycles. The Labute approximate surface area is 319 Å². The number of rotatable bonds is 17. The molecule has 0 atom stereocenters. The molecule has 4 aromatic carbocycles. The van der Waals surface area contributed by atoms with Crippen LogP contribution in [0.2, 0.25) is 5.02 Å². The SMILES string of the molecule is C=CC(=O)OCCCOc1ccc(C(=O)Oc2cc3c(=O)oc(-c4ccc(OC(=O)c5ccc(OCCCOC(=O)C=C)cc5)c(Cl)c4)nc3cc2C)cc1. The number of carbonyl (C=O) groups is 4. The van der Waals surface area contributed by atoms with E-state index in [4.69, 9.17) is 44.4 Å². The van der Waals surface area contributed by atoms with Crippen molar-refractivity contribution < 1.29 is 52.0 Å². The lowest BCUT2D eigenvalue weighted by molar-refractivity contribution is -0.138. The third kappa shape index (κ3) is 10.9. The summed E-state index contributed by atoms with van der Waals surface area (Å²) in [5, 5.41) is 0.152. The predicted octanol–water partition coefficient (Wildman–Crippen LogP) is 7.25. The number of ether oxygens (including phenoxy) is 6. The van der Waals surface area contributed by atoms with Gasteiger partial charge in [-0.05, 0) is 91.3 Å². The molecule has 0 aliphatic heterocycles. The maximum atomic E-state index is 13.1. The average Bonchev–Trinajstić information content (AvgIpc) is 3.19. The molecular formula is C41H34ClNO12. The zero-order valence-corrected chi connectivity index (χ0v) is 30.3. The van der Waals surface area contributed by atoms with E-state index in [2.05, 4.69) is 18.1 Å². The molecule has 55 heavy (non-hydrogen) atoms. The van der Waals surface area contributed by atoms with Gasteiger partial charge in [0, 0.05) is 30.6 Å². The monoisotopic (exact) mass is 767 g/mol. The molecule has 0 saturated carbocycles. The molecule has 0 amide bonds. The Kier molecular flexibility index (Phi) is 13.5. The van der Waals surface area contributed by atoms with Crippen LogP contribution in [-0.4, -0.2) is 55.3 Å². The Morgan fingerprint density at radius 2 is 1.24 bits per heavy atom. The van der Waals surface area contributed by atoms with Gasteiger partial charge in [-0.3, -0.25) is 0 Å². The Balaban J connectivity index is 1.18. The van der Waals surface area contributed by atoms with Gasteiger partial charge in [-0.15, -0.1) is 0 Å². The maximum absolute atomic E-state index is 13.1. The lowest BCUT2D eigenvalue weighted by atomic mass is 10.1. The molecule has 13 nitrogen and oxygen atoms in total. The third-order valence-electron chi connectivity index (χ3n) is 7.63. The second-order valence-corrected chi connectivity index (χ2v) is 12.0. The summed E-state index contributed by atoms with van der Waals surface area (Å²) in [7, 11) is 0. The summed E-state index contributed by atoms with van der Waals surface area (Å²) in [5.74, 6) is -1.12. The third-order valence-corrected chi connectivity index (χ3v) is 7.92. The molecule has 0 N–H and O–H groups in total. The topological polar surface area (TPSA) is 167 Å². The van der Waals surface area contributed by atoms with Gasteiger partial charge in [0.05, 0.1) is 53.5 Å². The lowest BCUT2D eigenvalue weighted by Crippen LogP contribution is -2.11. The first-order chi connectivity index (χ1) is 26.5. The van der Waals surface area contributed by atoms with Gasteiger partial charge in [0.15, 0.2) is 0 Å². The summed E-state index contributed by atoms with van der Waals surface area (Å²) < 4.78 is 37.6. The second-order valence-electron chi connectivity index (χ2n) is 11.6. The standard InChI is InChI=1S/C41H34ClNO12/c1-4-36(44)51-20-6-18-49-29-13-8-26(9-14-29)39(46)53-34-17-12-28(23-32(34)42)38-43-33-22-25(3)35(24-31(33)41(48)55-38)54-40(47)27-10-15-30(16-11-27)50-19-7-21-52-37(45)5-2/h4-5,8-17,22-24H,1-2,6-7,18-21H2,3H3. The summed E-state index contributed by atoms with van der Waals surface area (Å²) in [4.78, 5) is 65.5. The Hall–Kier alpha value is -6.73. The van der Waals surface area contributed by atoms with E-state index < -0.39 is 29.5 Å². The van der Waals surface area contributed by atoms with Gasteiger partial charge in [-0.1, -0.05) is 24.8 Å². The van der Waals surface area contributed by atoms with Gasteiger partial charge in [0.25, 0.3) is 0 Å². The number of hydrogen-bond donors (Lipinski definition) is 0. The highest BCUT2D eigenvalue weighted by Gasteiger charge is 2.18. The van der Waals surface area contributed by atoms with Crippen molar-refractivity contribution in [2.24, 2.45) is 0 Å². The van der Waals surface area contributed by atoms with Crippen molar-refractivity contribution in [1.29, 1.82) is 0 Å². The largest absolute Gasteiger partial charge is 0.493 e. The van der Waals surface area contributed by atoms with Crippen LogP contribution in [0.15, 0.2) is 113 Å². The van der Waals surface area contributed by atoms with Crippen LogP contribution in [0.25, 0.3) is 22.4 Å². The fourth-order valence-electron chi connectivity index (χ4n) is 4.81. The highest BCUT2D eigenvalue weighted by molar-refractivity contribution is 6.32. The van der Waals surface area contributed by atoms with Crippen molar-refractivity contribution in [2.45, 2.75) is 19.8 Å². The zero-order chi connectivity index (χ0) is 39.3. The van der Waals surface area contributed by atoms with Crippen molar-refractivity contribution in [3.05, 3.63) is 136 Å². The Morgan fingerprint density at radius 1 is 0.709 bits per heavy atom. The molecule has 1 heterocycles. The summed E-state index contributed by atoms with van der Waals surface area (Å²) in [5.41, 5.74) is 0.943. The van der Waals surface area contributed by atoms with Crippen LogP contribution < -0.4 is 24.6 Å². The molecule has 282 valence electrons. The van der Waals surface area contributed by atoms with Crippen LogP contribution in [0, 0.1) is 6.92 Å². The van der Waals surface area contributed by atoms with Gasteiger partial charge < -0.3 is 32.8 Å².